The molecule has 1 aromatic rings. The van der Waals surface area contributed by atoms with Gasteiger partial charge in [-0.05, 0) is 6.07 Å². The third-order valence-corrected chi connectivity index (χ3v) is 3.18. The lowest BCUT2D eigenvalue weighted by molar-refractivity contribution is -0.109. The number of ketones is 1. The van der Waals surface area contributed by atoms with Crippen molar-refractivity contribution >= 4 is 5.78 Å². The Kier molecular flexibility index (Phi) is 3.02. The molecule has 0 fully saturated rings. The minimum Gasteiger partial charge on any atom is -0.507 e. The Morgan fingerprint density at radius 2 is 2.17 bits per heavy atom. The van der Waals surface area contributed by atoms with Crippen LogP contribution in [0.15, 0.2) is 12.1 Å². The van der Waals surface area contributed by atoms with E-state index in [9.17, 15) is 20.1 Å². The Labute approximate surface area is 103 Å². The zero-order valence-corrected chi connectivity index (χ0v) is 9.75. The van der Waals surface area contributed by atoms with Crippen molar-refractivity contribution in [2.45, 2.75) is 18.1 Å². The summed E-state index contributed by atoms with van der Waals surface area (Å²) in [5.74, 6) is -0.597. The first-order chi connectivity index (χ1) is 8.42. The molecule has 0 bridgehead atoms. The number of ether oxygens (including phenoxy) is 1. The quantitative estimate of drug-likeness (QED) is 0.579. The van der Waals surface area contributed by atoms with Crippen LogP contribution in [-0.4, -0.2) is 45.5 Å². The van der Waals surface area contributed by atoms with E-state index in [1.807, 2.05) is 0 Å². The Hall–Kier alpha value is -1.63. The zero-order chi connectivity index (χ0) is 13.5. The van der Waals surface area contributed by atoms with E-state index in [0.717, 1.165) is 0 Å². The van der Waals surface area contributed by atoms with Crippen molar-refractivity contribution in [2.75, 3.05) is 13.7 Å². The number of hydrogen-bond acceptors (Lipinski definition) is 6. The zero-order valence-electron chi connectivity index (χ0n) is 9.75. The molecule has 0 aliphatic heterocycles. The molecule has 2 rings (SSSR count). The summed E-state index contributed by atoms with van der Waals surface area (Å²) < 4.78 is 4.92. The number of benzene rings is 1. The summed E-state index contributed by atoms with van der Waals surface area (Å²) in [6, 6.07) is 2.62. The van der Waals surface area contributed by atoms with Crippen LogP contribution in [0.25, 0.3) is 0 Å². The third-order valence-electron chi connectivity index (χ3n) is 3.18. The van der Waals surface area contributed by atoms with Crippen LogP contribution in [0.2, 0.25) is 0 Å². The van der Waals surface area contributed by atoms with E-state index in [-0.39, 0.29) is 22.6 Å². The molecule has 4 N–H and O–H groups in total. The van der Waals surface area contributed by atoms with Crippen LogP contribution in [0.5, 0.6) is 11.5 Å². The Bertz CT molecular complexity index is 498. The lowest BCUT2D eigenvalue weighted by Crippen LogP contribution is -2.46. The van der Waals surface area contributed by atoms with Gasteiger partial charge in [-0.15, -0.1) is 0 Å². The number of carbonyl (C=O) groups excluding carboxylic acids is 1. The second-order valence-electron chi connectivity index (χ2n) is 4.37. The van der Waals surface area contributed by atoms with E-state index < -0.39 is 30.5 Å². The van der Waals surface area contributed by atoms with Crippen molar-refractivity contribution in [1.82, 2.24) is 0 Å². The summed E-state index contributed by atoms with van der Waals surface area (Å²) >= 11 is 0. The average Bonchev–Trinajstić information content (AvgIpc) is 2.35. The van der Waals surface area contributed by atoms with E-state index in [1.54, 1.807) is 0 Å². The molecule has 6 heteroatoms. The molecule has 0 amide bonds. The lowest BCUT2D eigenvalue weighted by Gasteiger charge is -2.36. The molecule has 0 heterocycles. The predicted molar refractivity (Wildman–Crippen MR) is 60.6 cm³/mol. The van der Waals surface area contributed by atoms with E-state index >= 15 is 0 Å². The number of aromatic hydroxyl groups is 1. The third kappa shape index (κ3) is 1.74. The molecule has 0 radical (unpaired) electrons. The van der Waals surface area contributed by atoms with E-state index in [0.29, 0.717) is 0 Å². The maximum Gasteiger partial charge on any atom is 0.170 e. The fourth-order valence-electron chi connectivity index (χ4n) is 2.15. The van der Waals surface area contributed by atoms with Gasteiger partial charge in [0.25, 0.3) is 0 Å². The van der Waals surface area contributed by atoms with Gasteiger partial charge in [0, 0.05) is 18.1 Å². The molecule has 0 aromatic heterocycles. The van der Waals surface area contributed by atoms with E-state index in [2.05, 4.69) is 0 Å². The second-order valence-corrected chi connectivity index (χ2v) is 4.37. The summed E-state index contributed by atoms with van der Waals surface area (Å²) in [5.41, 5.74) is -1.91. The maximum atomic E-state index is 11.8. The molecular formula is C12H14O6. The number of methoxy groups -OCH3 is 1. The molecule has 2 unspecified atom stereocenters. The van der Waals surface area contributed by atoms with Gasteiger partial charge in [0.15, 0.2) is 5.78 Å². The largest absolute Gasteiger partial charge is 0.507 e. The van der Waals surface area contributed by atoms with Gasteiger partial charge in [0.1, 0.15) is 23.2 Å². The number of aliphatic hydroxyl groups is 3. The summed E-state index contributed by atoms with van der Waals surface area (Å²) in [4.78, 5) is 11.8. The minimum atomic E-state index is -1.93. The van der Waals surface area contributed by atoms with Crippen molar-refractivity contribution < 1.29 is 30.0 Å². The number of hydrogen-bond donors (Lipinski definition) is 4. The van der Waals surface area contributed by atoms with E-state index in [4.69, 9.17) is 9.84 Å². The summed E-state index contributed by atoms with van der Waals surface area (Å²) in [7, 11) is 1.37. The second kappa shape index (κ2) is 4.24. The first-order valence-corrected chi connectivity index (χ1v) is 5.38. The molecule has 6 nitrogen and oxygen atoms in total. The van der Waals surface area contributed by atoms with Gasteiger partial charge in [0.2, 0.25) is 0 Å². The number of rotatable bonds is 2. The van der Waals surface area contributed by atoms with Crippen molar-refractivity contribution in [3.8, 4) is 11.5 Å². The number of phenolic OH excluding ortho intramolecular Hbond substituents is 1. The molecule has 98 valence electrons. The fourth-order valence-corrected chi connectivity index (χ4v) is 2.15. The molecule has 0 spiro atoms. The lowest BCUT2D eigenvalue weighted by atomic mass is 9.77. The molecule has 0 saturated heterocycles. The van der Waals surface area contributed by atoms with Crippen LogP contribution >= 0.6 is 0 Å². The molecule has 18 heavy (non-hydrogen) atoms. The van der Waals surface area contributed by atoms with Gasteiger partial charge in [-0.3, -0.25) is 4.79 Å². The highest BCUT2D eigenvalue weighted by Crippen LogP contribution is 2.42. The summed E-state index contributed by atoms with van der Waals surface area (Å²) in [6.07, 6.45) is -1.91. The number of carbonyl (C=O) groups is 1. The van der Waals surface area contributed by atoms with Crippen LogP contribution in [0.1, 0.15) is 28.4 Å². The highest BCUT2D eigenvalue weighted by molar-refractivity contribution is 6.02. The topological polar surface area (TPSA) is 107 Å². The van der Waals surface area contributed by atoms with Gasteiger partial charge in [-0.2, -0.15) is 0 Å². The van der Waals surface area contributed by atoms with Crippen LogP contribution in [0.3, 0.4) is 0 Å². The molecule has 1 aliphatic carbocycles. The van der Waals surface area contributed by atoms with Gasteiger partial charge in [0.05, 0.1) is 19.3 Å². The fraction of sp³-hybridized carbons (Fsp3) is 0.417. The van der Waals surface area contributed by atoms with E-state index in [1.165, 1.54) is 19.2 Å². The summed E-state index contributed by atoms with van der Waals surface area (Å²) in [5, 5.41) is 38.8. The minimum absolute atomic E-state index is 0.0403. The Morgan fingerprint density at radius 3 is 2.72 bits per heavy atom. The monoisotopic (exact) mass is 254 g/mol. The highest BCUT2D eigenvalue weighted by Gasteiger charge is 2.45. The SMILES string of the molecule is COc1cc(O)c2c(c1)C(O)C(O)(CO)CC2=O. The van der Waals surface area contributed by atoms with Gasteiger partial charge >= 0.3 is 0 Å². The normalized spacial score (nSPS) is 26.9. The Morgan fingerprint density at radius 1 is 1.50 bits per heavy atom. The average molecular weight is 254 g/mol. The van der Waals surface area contributed by atoms with Crippen LogP contribution in [0.4, 0.5) is 0 Å². The molecular weight excluding hydrogens is 240 g/mol. The Balaban J connectivity index is 2.63. The first-order valence-electron chi connectivity index (χ1n) is 5.38. The van der Waals surface area contributed by atoms with Gasteiger partial charge in [-0.25, -0.2) is 0 Å². The molecule has 1 aromatic carbocycles. The molecule has 2 atom stereocenters. The van der Waals surface area contributed by atoms with Crippen molar-refractivity contribution in [3.05, 3.63) is 23.3 Å². The highest BCUT2D eigenvalue weighted by atomic mass is 16.5. The van der Waals surface area contributed by atoms with Gasteiger partial charge < -0.3 is 25.2 Å². The number of Topliss-reactive ketones (excluding diaryl/α,β-unsaturated/α-hetero) is 1. The van der Waals surface area contributed by atoms with Crippen LogP contribution in [-0.2, 0) is 0 Å². The van der Waals surface area contributed by atoms with Crippen LogP contribution < -0.4 is 4.74 Å². The molecule has 0 saturated carbocycles. The van der Waals surface area contributed by atoms with Gasteiger partial charge in [-0.1, -0.05) is 0 Å². The predicted octanol–water partition coefficient (Wildman–Crippen LogP) is -0.256. The van der Waals surface area contributed by atoms with Crippen LogP contribution in [0, 0.1) is 0 Å². The number of phenols is 1. The number of fused-ring (bicyclic) bond motifs is 1. The maximum absolute atomic E-state index is 11.8. The molecule has 1 aliphatic rings. The number of aliphatic hydroxyl groups excluding tert-OH is 2. The van der Waals surface area contributed by atoms with Crippen molar-refractivity contribution in [2.24, 2.45) is 0 Å². The standard InChI is InChI=1S/C12H14O6/c1-18-6-2-7-10(8(14)3-6)9(15)4-12(17,5-13)11(7)16/h2-3,11,13-14,16-17H,4-5H2,1H3. The smallest absolute Gasteiger partial charge is 0.170 e. The first kappa shape index (κ1) is 12.8. The van der Waals surface area contributed by atoms with Crippen molar-refractivity contribution in [3.63, 3.8) is 0 Å². The summed E-state index contributed by atoms with van der Waals surface area (Å²) in [6.45, 7) is -0.753. The van der Waals surface area contributed by atoms with Crippen molar-refractivity contribution in [1.29, 1.82) is 0 Å².